The molecule has 1 aromatic rings. The van der Waals surface area contributed by atoms with Gasteiger partial charge in [0.1, 0.15) is 0 Å². The number of thiophene rings is 1. The van der Waals surface area contributed by atoms with Crippen LogP contribution in [0.25, 0.3) is 0 Å². The summed E-state index contributed by atoms with van der Waals surface area (Å²) in [5.41, 5.74) is 9.15. The molecule has 1 atom stereocenters. The fourth-order valence-electron chi connectivity index (χ4n) is 2.26. The van der Waals surface area contributed by atoms with E-state index in [1.807, 2.05) is 0 Å². The molecule has 1 nitrogen and oxygen atoms in total. The van der Waals surface area contributed by atoms with E-state index in [0.29, 0.717) is 0 Å². The minimum Gasteiger partial charge on any atom is -0.324 e. The molecule has 0 aromatic carbocycles. The fourth-order valence-corrected chi connectivity index (χ4v) is 3.04. The Kier molecular flexibility index (Phi) is 3.60. The molecule has 2 rings (SSSR count). The van der Waals surface area contributed by atoms with Crippen molar-refractivity contribution in [3.05, 3.63) is 33.5 Å². The highest BCUT2D eigenvalue weighted by atomic mass is 32.1. The monoisotopic (exact) mass is 221 g/mol. The van der Waals surface area contributed by atoms with E-state index in [1.54, 1.807) is 16.9 Å². The third-order valence-corrected chi connectivity index (χ3v) is 4.03. The molecule has 0 amide bonds. The van der Waals surface area contributed by atoms with Crippen molar-refractivity contribution in [2.75, 3.05) is 0 Å². The van der Waals surface area contributed by atoms with E-state index in [2.05, 4.69) is 24.4 Å². The van der Waals surface area contributed by atoms with Gasteiger partial charge in [-0.1, -0.05) is 11.6 Å². The highest BCUT2D eigenvalue weighted by Crippen LogP contribution is 2.29. The zero-order valence-electron chi connectivity index (χ0n) is 9.33. The van der Waals surface area contributed by atoms with E-state index < -0.39 is 0 Å². The molecular formula is C13H19NS. The van der Waals surface area contributed by atoms with Crippen molar-refractivity contribution in [2.45, 2.75) is 45.1 Å². The lowest BCUT2D eigenvalue weighted by molar-refractivity contribution is 0.628. The lowest BCUT2D eigenvalue weighted by Crippen LogP contribution is -2.12. The second-order valence-corrected chi connectivity index (χ2v) is 5.47. The van der Waals surface area contributed by atoms with Crippen molar-refractivity contribution >= 4 is 11.3 Å². The maximum Gasteiger partial charge on any atom is 0.0343 e. The first kappa shape index (κ1) is 10.9. The van der Waals surface area contributed by atoms with Crippen LogP contribution in [0.15, 0.2) is 23.1 Å². The summed E-state index contributed by atoms with van der Waals surface area (Å²) >= 11 is 1.80. The van der Waals surface area contributed by atoms with Gasteiger partial charge in [0.2, 0.25) is 0 Å². The van der Waals surface area contributed by atoms with E-state index >= 15 is 0 Å². The predicted molar refractivity (Wildman–Crippen MR) is 67.2 cm³/mol. The number of hydrogen-bond acceptors (Lipinski definition) is 2. The van der Waals surface area contributed by atoms with E-state index in [1.165, 1.54) is 36.1 Å². The van der Waals surface area contributed by atoms with E-state index in [9.17, 15) is 0 Å². The van der Waals surface area contributed by atoms with Gasteiger partial charge in [-0.25, -0.2) is 0 Å². The highest BCUT2D eigenvalue weighted by Gasteiger charge is 2.13. The first-order chi connectivity index (χ1) is 7.27. The van der Waals surface area contributed by atoms with Crippen molar-refractivity contribution in [2.24, 2.45) is 5.73 Å². The third-order valence-electron chi connectivity index (χ3n) is 3.17. The molecule has 0 saturated heterocycles. The van der Waals surface area contributed by atoms with Crippen LogP contribution in [0.2, 0.25) is 0 Å². The molecule has 0 fully saturated rings. The third kappa shape index (κ3) is 2.70. The molecule has 15 heavy (non-hydrogen) atoms. The minimum atomic E-state index is 0.209. The maximum atomic E-state index is 6.24. The fraction of sp³-hybridized carbons (Fsp3) is 0.538. The van der Waals surface area contributed by atoms with Crippen LogP contribution in [-0.4, -0.2) is 0 Å². The van der Waals surface area contributed by atoms with Gasteiger partial charge in [0, 0.05) is 10.9 Å². The minimum absolute atomic E-state index is 0.209. The number of rotatable bonds is 3. The molecule has 2 heteroatoms. The van der Waals surface area contributed by atoms with Crippen LogP contribution in [0.4, 0.5) is 0 Å². The molecule has 0 radical (unpaired) electrons. The van der Waals surface area contributed by atoms with Crippen molar-refractivity contribution in [3.8, 4) is 0 Å². The average molecular weight is 221 g/mol. The zero-order valence-corrected chi connectivity index (χ0v) is 10.1. The lowest BCUT2D eigenvalue weighted by atomic mass is 9.92. The standard InChI is InChI=1S/C13H19NS/c1-10-12(7-8-15-10)13(14)9-11-5-3-2-4-6-11/h5,7-8,13H,2-4,6,9,14H2,1H3. The first-order valence-corrected chi connectivity index (χ1v) is 6.63. The Labute approximate surface area is 96.0 Å². The van der Waals surface area contributed by atoms with Gasteiger partial charge in [0.05, 0.1) is 0 Å². The highest BCUT2D eigenvalue weighted by molar-refractivity contribution is 7.10. The summed E-state index contributed by atoms with van der Waals surface area (Å²) in [6, 6.07) is 2.38. The molecule has 0 spiro atoms. The topological polar surface area (TPSA) is 26.0 Å². The SMILES string of the molecule is Cc1sccc1C(N)CC1=CCCCC1. The molecular weight excluding hydrogens is 202 g/mol. The molecule has 1 aliphatic rings. The van der Waals surface area contributed by atoms with Gasteiger partial charge in [-0.15, -0.1) is 11.3 Å². The molecule has 1 unspecified atom stereocenters. The summed E-state index contributed by atoms with van der Waals surface area (Å²) in [5, 5.41) is 2.14. The van der Waals surface area contributed by atoms with Gasteiger partial charge < -0.3 is 5.73 Å². The van der Waals surface area contributed by atoms with Crippen molar-refractivity contribution < 1.29 is 0 Å². The summed E-state index contributed by atoms with van der Waals surface area (Å²) in [7, 11) is 0. The Bertz CT molecular complexity index is 351. The van der Waals surface area contributed by atoms with Crippen molar-refractivity contribution in [1.29, 1.82) is 0 Å². The van der Waals surface area contributed by atoms with Crippen molar-refractivity contribution in [3.63, 3.8) is 0 Å². The Morgan fingerprint density at radius 2 is 2.33 bits per heavy atom. The summed E-state index contributed by atoms with van der Waals surface area (Å²) < 4.78 is 0. The Morgan fingerprint density at radius 1 is 1.47 bits per heavy atom. The van der Waals surface area contributed by atoms with Crippen LogP contribution in [0.3, 0.4) is 0 Å². The first-order valence-electron chi connectivity index (χ1n) is 5.75. The lowest BCUT2D eigenvalue weighted by Gasteiger charge is -2.17. The van der Waals surface area contributed by atoms with Crippen LogP contribution in [0, 0.1) is 6.92 Å². The number of nitrogens with two attached hydrogens (primary N) is 1. The predicted octanol–water partition coefficient (Wildman–Crippen LogP) is 3.95. The normalized spacial score (nSPS) is 18.7. The molecule has 82 valence electrons. The summed E-state index contributed by atoms with van der Waals surface area (Å²) in [6.07, 6.45) is 8.67. The largest absolute Gasteiger partial charge is 0.324 e. The molecule has 1 aromatic heterocycles. The van der Waals surface area contributed by atoms with Crippen molar-refractivity contribution in [1.82, 2.24) is 0 Å². The summed E-state index contributed by atoms with van der Waals surface area (Å²) in [4.78, 5) is 1.37. The van der Waals surface area contributed by atoms with E-state index in [4.69, 9.17) is 5.73 Å². The van der Waals surface area contributed by atoms with Gasteiger partial charge in [0.25, 0.3) is 0 Å². The maximum absolute atomic E-state index is 6.24. The molecule has 1 aliphatic carbocycles. The number of hydrogen-bond donors (Lipinski definition) is 1. The smallest absolute Gasteiger partial charge is 0.0343 e. The van der Waals surface area contributed by atoms with Gasteiger partial charge >= 0.3 is 0 Å². The van der Waals surface area contributed by atoms with E-state index in [0.717, 1.165) is 6.42 Å². The number of aryl methyl sites for hydroxylation is 1. The average Bonchev–Trinajstić information content (AvgIpc) is 2.66. The van der Waals surface area contributed by atoms with Gasteiger partial charge in [-0.05, 0) is 56.0 Å². The zero-order chi connectivity index (χ0) is 10.7. The Hall–Kier alpha value is -0.600. The second-order valence-electron chi connectivity index (χ2n) is 4.35. The summed E-state index contributed by atoms with van der Waals surface area (Å²) in [5.74, 6) is 0. The number of allylic oxidation sites excluding steroid dienone is 1. The Balaban J connectivity index is 2.00. The van der Waals surface area contributed by atoms with Gasteiger partial charge in [-0.3, -0.25) is 0 Å². The second kappa shape index (κ2) is 4.95. The quantitative estimate of drug-likeness (QED) is 0.768. The van der Waals surface area contributed by atoms with Crippen LogP contribution in [0.1, 0.15) is 48.6 Å². The molecule has 2 N–H and O–H groups in total. The van der Waals surface area contributed by atoms with Crippen LogP contribution in [-0.2, 0) is 0 Å². The molecule has 1 heterocycles. The van der Waals surface area contributed by atoms with E-state index in [-0.39, 0.29) is 6.04 Å². The van der Waals surface area contributed by atoms with Crippen LogP contribution < -0.4 is 5.73 Å². The van der Waals surface area contributed by atoms with Gasteiger partial charge in [-0.2, -0.15) is 0 Å². The molecule has 0 saturated carbocycles. The molecule has 0 aliphatic heterocycles. The van der Waals surface area contributed by atoms with Crippen LogP contribution in [0.5, 0.6) is 0 Å². The van der Waals surface area contributed by atoms with Gasteiger partial charge in [0.15, 0.2) is 0 Å². The molecule has 0 bridgehead atoms. The van der Waals surface area contributed by atoms with Crippen LogP contribution >= 0.6 is 11.3 Å². The Morgan fingerprint density at radius 3 is 2.93 bits per heavy atom. The summed E-state index contributed by atoms with van der Waals surface area (Å²) in [6.45, 7) is 2.16.